The minimum atomic E-state index is -0.175. The van der Waals surface area contributed by atoms with Gasteiger partial charge in [-0.1, -0.05) is 30.3 Å². The van der Waals surface area contributed by atoms with E-state index >= 15 is 0 Å². The van der Waals surface area contributed by atoms with E-state index in [4.69, 9.17) is 0 Å². The fraction of sp³-hybridized carbons (Fsp3) is 0.412. The topological polar surface area (TPSA) is 65.5 Å². The van der Waals surface area contributed by atoms with Gasteiger partial charge in [-0.2, -0.15) is 0 Å². The lowest BCUT2D eigenvalue weighted by atomic mass is 10.2. The SMILES string of the molecule is O=C(NCc1nc(C2CC2)cs1)N(CCO)Cc1ccccc1. The second-order valence-corrected chi connectivity index (χ2v) is 6.67. The summed E-state index contributed by atoms with van der Waals surface area (Å²) in [5.74, 6) is 0.639. The van der Waals surface area contributed by atoms with Crippen LogP contribution in [0.1, 0.15) is 35.0 Å². The summed E-state index contributed by atoms with van der Waals surface area (Å²) in [6, 6.07) is 9.60. The highest BCUT2D eigenvalue weighted by Gasteiger charge is 2.26. The maximum absolute atomic E-state index is 12.3. The summed E-state index contributed by atoms with van der Waals surface area (Å²) in [7, 11) is 0. The van der Waals surface area contributed by atoms with Gasteiger partial charge in [0.05, 0.1) is 18.8 Å². The van der Waals surface area contributed by atoms with Crippen LogP contribution in [-0.2, 0) is 13.1 Å². The van der Waals surface area contributed by atoms with Crippen LogP contribution in [0.4, 0.5) is 4.79 Å². The van der Waals surface area contributed by atoms with E-state index in [9.17, 15) is 9.90 Å². The van der Waals surface area contributed by atoms with Crippen LogP contribution in [0.2, 0.25) is 0 Å². The molecule has 2 aromatic rings. The summed E-state index contributed by atoms with van der Waals surface area (Å²) < 4.78 is 0. The maximum atomic E-state index is 12.3. The van der Waals surface area contributed by atoms with E-state index in [2.05, 4.69) is 15.7 Å². The molecule has 0 aliphatic heterocycles. The number of aromatic nitrogens is 1. The minimum Gasteiger partial charge on any atom is -0.395 e. The van der Waals surface area contributed by atoms with E-state index in [0.29, 0.717) is 25.6 Å². The Morgan fingerprint density at radius 2 is 2.13 bits per heavy atom. The maximum Gasteiger partial charge on any atom is 0.318 e. The van der Waals surface area contributed by atoms with Crippen LogP contribution in [0, 0.1) is 0 Å². The molecule has 0 atom stereocenters. The molecule has 122 valence electrons. The average molecular weight is 331 g/mol. The van der Waals surface area contributed by atoms with Crippen molar-refractivity contribution >= 4 is 17.4 Å². The first kappa shape index (κ1) is 16.0. The molecule has 0 saturated heterocycles. The van der Waals surface area contributed by atoms with Crippen molar-refractivity contribution in [2.45, 2.75) is 31.8 Å². The normalized spacial score (nSPS) is 13.8. The smallest absolute Gasteiger partial charge is 0.318 e. The molecule has 1 aromatic heterocycles. The average Bonchev–Trinajstić information content (AvgIpc) is 3.32. The number of aliphatic hydroxyl groups excluding tert-OH is 1. The first-order valence-electron chi connectivity index (χ1n) is 7.88. The van der Waals surface area contributed by atoms with E-state index in [1.54, 1.807) is 16.2 Å². The predicted octanol–water partition coefficient (Wildman–Crippen LogP) is 2.72. The third-order valence-corrected chi connectivity index (χ3v) is 4.70. The van der Waals surface area contributed by atoms with Crippen molar-refractivity contribution in [3.63, 3.8) is 0 Å². The summed E-state index contributed by atoms with van der Waals surface area (Å²) in [6.45, 7) is 1.18. The fourth-order valence-electron chi connectivity index (χ4n) is 2.41. The van der Waals surface area contributed by atoms with Crippen molar-refractivity contribution in [2.75, 3.05) is 13.2 Å². The number of nitrogens with one attached hydrogen (secondary N) is 1. The van der Waals surface area contributed by atoms with Crippen molar-refractivity contribution in [1.29, 1.82) is 0 Å². The van der Waals surface area contributed by atoms with Crippen LogP contribution in [-0.4, -0.2) is 34.2 Å². The molecule has 1 heterocycles. The molecule has 3 rings (SSSR count). The Morgan fingerprint density at radius 3 is 2.83 bits per heavy atom. The Kier molecular flexibility index (Phi) is 5.25. The number of aliphatic hydroxyl groups is 1. The van der Waals surface area contributed by atoms with Crippen LogP contribution in [0.15, 0.2) is 35.7 Å². The van der Waals surface area contributed by atoms with E-state index in [0.717, 1.165) is 16.3 Å². The third kappa shape index (κ3) is 4.53. The van der Waals surface area contributed by atoms with Gasteiger partial charge in [0, 0.05) is 24.4 Å². The summed E-state index contributed by atoms with van der Waals surface area (Å²) in [4.78, 5) is 18.5. The van der Waals surface area contributed by atoms with Gasteiger partial charge in [-0.15, -0.1) is 11.3 Å². The zero-order chi connectivity index (χ0) is 16.1. The van der Waals surface area contributed by atoms with E-state index < -0.39 is 0 Å². The van der Waals surface area contributed by atoms with Crippen LogP contribution in [0.5, 0.6) is 0 Å². The molecular weight excluding hydrogens is 310 g/mol. The number of hydrogen-bond donors (Lipinski definition) is 2. The molecule has 0 bridgehead atoms. The zero-order valence-electron chi connectivity index (χ0n) is 12.9. The molecule has 1 aromatic carbocycles. The lowest BCUT2D eigenvalue weighted by Crippen LogP contribution is -2.40. The van der Waals surface area contributed by atoms with Gasteiger partial charge >= 0.3 is 6.03 Å². The molecule has 1 saturated carbocycles. The number of amides is 2. The zero-order valence-corrected chi connectivity index (χ0v) is 13.8. The molecule has 6 heteroatoms. The van der Waals surface area contributed by atoms with Crippen molar-refractivity contribution < 1.29 is 9.90 Å². The Morgan fingerprint density at radius 1 is 1.35 bits per heavy atom. The molecule has 0 unspecified atom stereocenters. The third-order valence-electron chi connectivity index (χ3n) is 3.83. The van der Waals surface area contributed by atoms with Gasteiger partial charge in [-0.25, -0.2) is 9.78 Å². The van der Waals surface area contributed by atoms with Gasteiger partial charge in [0.25, 0.3) is 0 Å². The van der Waals surface area contributed by atoms with Gasteiger partial charge in [0.2, 0.25) is 0 Å². The number of urea groups is 1. The van der Waals surface area contributed by atoms with Crippen LogP contribution in [0.3, 0.4) is 0 Å². The Hall–Kier alpha value is -1.92. The summed E-state index contributed by atoms with van der Waals surface area (Å²) in [6.07, 6.45) is 2.47. The molecular formula is C17H21N3O2S. The summed E-state index contributed by atoms with van der Waals surface area (Å²) >= 11 is 1.60. The number of nitrogens with zero attached hydrogens (tertiary/aromatic N) is 2. The van der Waals surface area contributed by atoms with Crippen LogP contribution < -0.4 is 5.32 Å². The minimum absolute atomic E-state index is 0.0522. The van der Waals surface area contributed by atoms with E-state index in [1.807, 2.05) is 30.3 Å². The van der Waals surface area contributed by atoms with Crippen molar-refractivity contribution in [3.8, 4) is 0 Å². The predicted molar refractivity (Wildman–Crippen MR) is 90.3 cm³/mol. The van der Waals surface area contributed by atoms with Crippen molar-refractivity contribution in [2.24, 2.45) is 0 Å². The first-order chi connectivity index (χ1) is 11.3. The number of thiazole rings is 1. The first-order valence-corrected chi connectivity index (χ1v) is 8.76. The van der Waals surface area contributed by atoms with Gasteiger partial charge in [0.15, 0.2) is 0 Å². The monoisotopic (exact) mass is 331 g/mol. The number of benzene rings is 1. The molecule has 1 fully saturated rings. The van der Waals surface area contributed by atoms with Crippen molar-refractivity contribution in [3.05, 3.63) is 52.0 Å². The molecule has 0 radical (unpaired) electrons. The Labute approximate surface area is 140 Å². The number of hydrogen-bond acceptors (Lipinski definition) is 4. The quantitative estimate of drug-likeness (QED) is 0.820. The highest BCUT2D eigenvalue weighted by molar-refractivity contribution is 7.09. The molecule has 2 amide bonds. The molecule has 1 aliphatic rings. The Balaban J connectivity index is 1.54. The lowest BCUT2D eigenvalue weighted by Gasteiger charge is -2.22. The molecule has 5 nitrogen and oxygen atoms in total. The number of rotatable bonds is 7. The standard InChI is InChI=1S/C17H21N3O2S/c21-9-8-20(11-13-4-2-1-3-5-13)17(22)18-10-16-19-15(12-23-16)14-6-7-14/h1-5,12,14,21H,6-11H2,(H,18,22). The second kappa shape index (κ2) is 7.57. The van der Waals surface area contributed by atoms with Gasteiger partial charge in [-0.05, 0) is 18.4 Å². The van der Waals surface area contributed by atoms with Crippen LogP contribution in [0.25, 0.3) is 0 Å². The van der Waals surface area contributed by atoms with Crippen LogP contribution >= 0.6 is 11.3 Å². The molecule has 2 N–H and O–H groups in total. The largest absolute Gasteiger partial charge is 0.395 e. The number of carbonyl (C=O) groups is 1. The highest BCUT2D eigenvalue weighted by Crippen LogP contribution is 2.40. The Bertz CT molecular complexity index is 640. The van der Waals surface area contributed by atoms with Gasteiger partial charge in [-0.3, -0.25) is 0 Å². The van der Waals surface area contributed by atoms with Crippen molar-refractivity contribution in [1.82, 2.24) is 15.2 Å². The second-order valence-electron chi connectivity index (χ2n) is 5.73. The lowest BCUT2D eigenvalue weighted by molar-refractivity contribution is 0.173. The molecule has 0 spiro atoms. The van der Waals surface area contributed by atoms with Gasteiger partial charge in [0.1, 0.15) is 5.01 Å². The highest BCUT2D eigenvalue weighted by atomic mass is 32.1. The van der Waals surface area contributed by atoms with Gasteiger partial charge < -0.3 is 15.3 Å². The summed E-state index contributed by atoms with van der Waals surface area (Å²) in [5, 5.41) is 15.1. The molecule has 23 heavy (non-hydrogen) atoms. The van der Waals surface area contributed by atoms with E-state index in [1.165, 1.54) is 12.8 Å². The molecule has 1 aliphatic carbocycles. The summed E-state index contributed by atoms with van der Waals surface area (Å²) in [5.41, 5.74) is 2.21. The number of carbonyl (C=O) groups excluding carboxylic acids is 1. The fourth-order valence-corrected chi connectivity index (χ4v) is 3.23. The van der Waals surface area contributed by atoms with E-state index in [-0.39, 0.29) is 12.6 Å².